The first kappa shape index (κ1) is 13.6. The van der Waals surface area contributed by atoms with Gasteiger partial charge in [-0.05, 0) is 44.8 Å². The molecule has 0 N–H and O–H groups in total. The molecule has 0 aliphatic rings. The highest BCUT2D eigenvalue weighted by Crippen LogP contribution is 2.05. The number of carbonyl (C=O) groups excluding carboxylic acids is 1. The minimum absolute atomic E-state index is 0.0275. The minimum atomic E-state index is 0.0275. The zero-order valence-corrected chi connectivity index (χ0v) is 11.0. The summed E-state index contributed by atoms with van der Waals surface area (Å²) < 4.78 is 0. The van der Waals surface area contributed by atoms with Crippen LogP contribution in [0.25, 0.3) is 6.08 Å². The maximum Gasteiger partial charge on any atom is 0.159 e. The van der Waals surface area contributed by atoms with E-state index in [4.69, 9.17) is 0 Å². The van der Waals surface area contributed by atoms with Gasteiger partial charge in [-0.15, -0.1) is 0 Å². The van der Waals surface area contributed by atoms with Crippen LogP contribution in [-0.2, 0) is 4.79 Å². The average molecular weight is 232 g/mol. The SMILES string of the molecule is Cc1ccc(/C=C/C(=O)C(C)CN(C)C)cn1. The predicted octanol–water partition coefficient (Wildman–Crippen LogP) is 2.17. The minimum Gasteiger partial charge on any atom is -0.309 e. The van der Waals surface area contributed by atoms with Crippen molar-refractivity contribution >= 4 is 11.9 Å². The zero-order chi connectivity index (χ0) is 12.8. The normalized spacial score (nSPS) is 13.2. The first-order valence-electron chi connectivity index (χ1n) is 5.78. The fourth-order valence-electron chi connectivity index (χ4n) is 1.56. The lowest BCUT2D eigenvalue weighted by Crippen LogP contribution is -2.24. The van der Waals surface area contributed by atoms with Crippen LogP contribution in [0.1, 0.15) is 18.2 Å². The third kappa shape index (κ3) is 4.91. The number of pyridine rings is 1. The van der Waals surface area contributed by atoms with Crippen LogP contribution in [0, 0.1) is 12.8 Å². The van der Waals surface area contributed by atoms with Crippen LogP contribution in [-0.4, -0.2) is 36.3 Å². The van der Waals surface area contributed by atoms with Crippen LogP contribution in [0.4, 0.5) is 0 Å². The highest BCUT2D eigenvalue weighted by atomic mass is 16.1. The van der Waals surface area contributed by atoms with E-state index in [1.165, 1.54) is 0 Å². The molecule has 0 amide bonds. The number of rotatable bonds is 5. The molecule has 1 rings (SSSR count). The molecule has 0 fully saturated rings. The number of hydrogen-bond acceptors (Lipinski definition) is 3. The van der Waals surface area contributed by atoms with E-state index in [9.17, 15) is 4.79 Å². The lowest BCUT2D eigenvalue weighted by Gasteiger charge is -2.13. The van der Waals surface area contributed by atoms with Gasteiger partial charge in [0.2, 0.25) is 0 Å². The van der Waals surface area contributed by atoms with Crippen LogP contribution in [0.15, 0.2) is 24.4 Å². The number of aryl methyl sites for hydroxylation is 1. The molecule has 1 atom stereocenters. The Morgan fingerprint density at radius 3 is 2.71 bits per heavy atom. The molecule has 3 nitrogen and oxygen atoms in total. The third-order valence-corrected chi connectivity index (χ3v) is 2.50. The highest BCUT2D eigenvalue weighted by Gasteiger charge is 2.10. The summed E-state index contributed by atoms with van der Waals surface area (Å²) in [6, 6.07) is 3.90. The van der Waals surface area contributed by atoms with Gasteiger partial charge in [-0.1, -0.05) is 13.0 Å². The van der Waals surface area contributed by atoms with Crippen molar-refractivity contribution in [2.24, 2.45) is 5.92 Å². The number of allylic oxidation sites excluding steroid dienone is 1. The topological polar surface area (TPSA) is 33.2 Å². The third-order valence-electron chi connectivity index (χ3n) is 2.50. The summed E-state index contributed by atoms with van der Waals surface area (Å²) in [7, 11) is 3.94. The van der Waals surface area contributed by atoms with Crippen LogP contribution in [0.3, 0.4) is 0 Å². The van der Waals surface area contributed by atoms with E-state index >= 15 is 0 Å². The zero-order valence-electron chi connectivity index (χ0n) is 11.0. The summed E-state index contributed by atoms with van der Waals surface area (Å²) in [4.78, 5) is 18.0. The Morgan fingerprint density at radius 2 is 2.18 bits per heavy atom. The number of aromatic nitrogens is 1. The van der Waals surface area contributed by atoms with Gasteiger partial charge >= 0.3 is 0 Å². The Labute approximate surface area is 103 Å². The van der Waals surface area contributed by atoms with E-state index in [-0.39, 0.29) is 11.7 Å². The molecular weight excluding hydrogens is 212 g/mol. The number of nitrogens with zero attached hydrogens (tertiary/aromatic N) is 2. The maximum atomic E-state index is 11.8. The number of hydrogen-bond donors (Lipinski definition) is 0. The van der Waals surface area contributed by atoms with E-state index < -0.39 is 0 Å². The summed E-state index contributed by atoms with van der Waals surface area (Å²) in [5.74, 6) is 0.180. The average Bonchev–Trinajstić information content (AvgIpc) is 2.27. The number of carbonyl (C=O) groups is 1. The monoisotopic (exact) mass is 232 g/mol. The molecule has 3 heteroatoms. The quantitative estimate of drug-likeness (QED) is 0.729. The molecule has 0 saturated carbocycles. The predicted molar refractivity (Wildman–Crippen MR) is 70.7 cm³/mol. The van der Waals surface area contributed by atoms with E-state index in [0.29, 0.717) is 0 Å². The second kappa shape index (κ2) is 6.30. The Bertz CT molecular complexity index is 393. The fourth-order valence-corrected chi connectivity index (χ4v) is 1.56. The largest absolute Gasteiger partial charge is 0.309 e. The van der Waals surface area contributed by atoms with Crippen molar-refractivity contribution < 1.29 is 4.79 Å². The van der Waals surface area contributed by atoms with Crippen molar-refractivity contribution in [3.05, 3.63) is 35.7 Å². The van der Waals surface area contributed by atoms with Crippen LogP contribution >= 0.6 is 0 Å². The standard InChI is InChI=1S/C14H20N2O/c1-11(10-16(3)4)14(17)8-7-13-6-5-12(2)15-9-13/h5-9,11H,10H2,1-4H3/b8-7+. The van der Waals surface area contributed by atoms with Gasteiger partial charge in [-0.2, -0.15) is 0 Å². The molecule has 0 saturated heterocycles. The molecule has 0 bridgehead atoms. The molecule has 1 heterocycles. The molecule has 17 heavy (non-hydrogen) atoms. The van der Waals surface area contributed by atoms with Gasteiger partial charge in [-0.3, -0.25) is 9.78 Å². The van der Waals surface area contributed by atoms with E-state index in [0.717, 1.165) is 17.8 Å². The molecule has 0 spiro atoms. The summed E-state index contributed by atoms with van der Waals surface area (Å²) in [6.45, 7) is 4.66. The summed E-state index contributed by atoms with van der Waals surface area (Å²) in [5, 5.41) is 0. The van der Waals surface area contributed by atoms with E-state index in [2.05, 4.69) is 4.98 Å². The smallest absolute Gasteiger partial charge is 0.159 e. The van der Waals surface area contributed by atoms with Crippen molar-refractivity contribution in [3.8, 4) is 0 Å². The molecule has 1 unspecified atom stereocenters. The van der Waals surface area contributed by atoms with E-state index in [1.54, 1.807) is 12.3 Å². The van der Waals surface area contributed by atoms with Crippen LogP contribution in [0.2, 0.25) is 0 Å². The van der Waals surface area contributed by atoms with Crippen LogP contribution < -0.4 is 0 Å². The molecule has 92 valence electrons. The first-order valence-corrected chi connectivity index (χ1v) is 5.78. The highest BCUT2D eigenvalue weighted by molar-refractivity contribution is 5.95. The second-order valence-electron chi connectivity index (χ2n) is 4.63. The molecule has 1 aromatic rings. The van der Waals surface area contributed by atoms with Crippen molar-refractivity contribution in [1.29, 1.82) is 0 Å². The second-order valence-corrected chi connectivity index (χ2v) is 4.63. The maximum absolute atomic E-state index is 11.8. The van der Waals surface area contributed by atoms with Gasteiger partial charge in [0.25, 0.3) is 0 Å². The Morgan fingerprint density at radius 1 is 1.47 bits per heavy atom. The Hall–Kier alpha value is -1.48. The van der Waals surface area contributed by atoms with Crippen molar-refractivity contribution in [1.82, 2.24) is 9.88 Å². The summed E-state index contributed by atoms with van der Waals surface area (Å²) >= 11 is 0. The summed E-state index contributed by atoms with van der Waals surface area (Å²) in [6.07, 6.45) is 5.23. The molecule has 0 aliphatic carbocycles. The van der Waals surface area contributed by atoms with Gasteiger partial charge < -0.3 is 4.90 Å². The van der Waals surface area contributed by atoms with Gasteiger partial charge in [0.1, 0.15) is 0 Å². The lowest BCUT2D eigenvalue weighted by atomic mass is 10.1. The van der Waals surface area contributed by atoms with Gasteiger partial charge in [0.05, 0.1) is 0 Å². The van der Waals surface area contributed by atoms with Crippen molar-refractivity contribution in [2.75, 3.05) is 20.6 Å². The van der Waals surface area contributed by atoms with Gasteiger partial charge in [-0.25, -0.2) is 0 Å². The molecule has 0 radical (unpaired) electrons. The first-order chi connectivity index (χ1) is 7.99. The molecular formula is C14H20N2O. The van der Waals surface area contributed by atoms with Crippen molar-refractivity contribution in [2.45, 2.75) is 13.8 Å². The van der Waals surface area contributed by atoms with E-state index in [1.807, 2.05) is 51.1 Å². The van der Waals surface area contributed by atoms with Gasteiger partial charge in [0.15, 0.2) is 5.78 Å². The lowest BCUT2D eigenvalue weighted by molar-refractivity contribution is -0.118. The van der Waals surface area contributed by atoms with Crippen molar-refractivity contribution in [3.63, 3.8) is 0 Å². The summed E-state index contributed by atoms with van der Waals surface area (Å²) in [5.41, 5.74) is 1.94. The molecule has 0 aromatic carbocycles. The fraction of sp³-hybridized carbons (Fsp3) is 0.429. The number of ketones is 1. The molecule has 1 aromatic heterocycles. The Balaban J connectivity index is 2.58. The van der Waals surface area contributed by atoms with Gasteiger partial charge in [0, 0.05) is 24.4 Å². The molecule has 0 aliphatic heterocycles. The Kier molecular flexibility index (Phi) is 5.04. The van der Waals surface area contributed by atoms with Crippen LogP contribution in [0.5, 0.6) is 0 Å².